The van der Waals surface area contributed by atoms with Crippen molar-refractivity contribution in [2.75, 3.05) is 5.73 Å². The lowest BCUT2D eigenvalue weighted by Gasteiger charge is -2.20. The van der Waals surface area contributed by atoms with Crippen LogP contribution in [0.3, 0.4) is 0 Å². The molecule has 0 unspecified atom stereocenters. The minimum absolute atomic E-state index is 0.895. The highest BCUT2D eigenvalue weighted by atomic mass is 32.2. The van der Waals surface area contributed by atoms with Crippen molar-refractivity contribution in [1.82, 2.24) is 0 Å². The molecule has 1 heterocycles. The van der Waals surface area contributed by atoms with Crippen LogP contribution in [-0.4, -0.2) is 0 Å². The number of nitrogens with two attached hydrogens (primary N) is 1. The van der Waals surface area contributed by atoms with Gasteiger partial charge in [0.25, 0.3) is 0 Å². The number of nitrogen functional groups attached to an aromatic ring is 1. The maximum atomic E-state index is 5.98. The molecule has 0 saturated carbocycles. The second-order valence-electron chi connectivity index (χ2n) is 3.67. The summed E-state index contributed by atoms with van der Waals surface area (Å²) in [5.41, 5.74) is 10.9. The van der Waals surface area contributed by atoms with Crippen LogP contribution in [0.2, 0.25) is 0 Å². The lowest BCUT2D eigenvalue weighted by molar-refractivity contribution is 1.32. The summed E-state index contributed by atoms with van der Waals surface area (Å²) >= 11 is 1.83. The van der Waals surface area contributed by atoms with E-state index < -0.39 is 0 Å². The number of benzene rings is 2. The van der Waals surface area contributed by atoms with Gasteiger partial charge < -0.3 is 5.73 Å². The second-order valence-corrected chi connectivity index (χ2v) is 4.66. The van der Waals surface area contributed by atoms with Gasteiger partial charge in [0.1, 0.15) is 0 Å². The molecule has 0 atom stereocenters. The topological polar surface area (TPSA) is 26.0 Å². The first-order valence-electron chi connectivity index (χ1n) is 4.96. The van der Waals surface area contributed by atoms with Crippen LogP contribution in [0, 0.1) is 0 Å². The largest absolute Gasteiger partial charge is 0.398 e. The number of rotatable bonds is 0. The minimum Gasteiger partial charge on any atom is -0.398 e. The van der Waals surface area contributed by atoms with E-state index in [2.05, 4.69) is 30.3 Å². The molecule has 2 heteroatoms. The van der Waals surface area contributed by atoms with Crippen LogP contribution in [0.1, 0.15) is 5.56 Å². The molecule has 3 rings (SSSR count). The zero-order chi connectivity index (χ0) is 10.3. The monoisotopic (exact) mass is 213 g/mol. The molecular formula is C13H11NS. The first kappa shape index (κ1) is 8.86. The number of anilines is 1. The fraction of sp³-hybridized carbons (Fsp3) is 0.0769. The predicted molar refractivity (Wildman–Crippen MR) is 65.9 cm³/mol. The molecule has 2 aromatic carbocycles. The standard InChI is InChI=1S/C13H11NS/c14-12-7-3-6-11-10-5-2-1-4-9(10)8-15-13(11)12/h1-7H,8,14H2. The Morgan fingerprint density at radius 1 is 0.933 bits per heavy atom. The summed E-state index contributed by atoms with van der Waals surface area (Å²) < 4.78 is 0. The van der Waals surface area contributed by atoms with Gasteiger partial charge in [0.15, 0.2) is 0 Å². The molecule has 0 spiro atoms. The summed E-state index contributed by atoms with van der Waals surface area (Å²) in [6.45, 7) is 0. The molecule has 1 aliphatic rings. The van der Waals surface area contributed by atoms with E-state index >= 15 is 0 Å². The third-order valence-corrected chi connectivity index (χ3v) is 3.92. The molecule has 1 aliphatic heterocycles. The van der Waals surface area contributed by atoms with Gasteiger partial charge in [0, 0.05) is 16.3 Å². The van der Waals surface area contributed by atoms with E-state index in [9.17, 15) is 0 Å². The number of hydrogen-bond acceptors (Lipinski definition) is 2. The van der Waals surface area contributed by atoms with Crippen molar-refractivity contribution in [3.63, 3.8) is 0 Å². The molecule has 2 aromatic rings. The Balaban J connectivity index is 2.30. The van der Waals surface area contributed by atoms with E-state index in [1.54, 1.807) is 0 Å². The van der Waals surface area contributed by atoms with Gasteiger partial charge in [0.05, 0.1) is 0 Å². The second kappa shape index (κ2) is 3.31. The summed E-state index contributed by atoms with van der Waals surface area (Å²) in [6, 6.07) is 14.7. The van der Waals surface area contributed by atoms with Crippen molar-refractivity contribution in [2.45, 2.75) is 10.6 Å². The highest BCUT2D eigenvalue weighted by molar-refractivity contribution is 7.99. The maximum absolute atomic E-state index is 5.98. The summed E-state index contributed by atoms with van der Waals surface area (Å²) in [4.78, 5) is 1.23. The number of thioether (sulfide) groups is 1. The molecule has 0 amide bonds. The Morgan fingerprint density at radius 2 is 1.73 bits per heavy atom. The highest BCUT2D eigenvalue weighted by Gasteiger charge is 2.17. The smallest absolute Gasteiger partial charge is 0.0458 e. The molecule has 15 heavy (non-hydrogen) atoms. The predicted octanol–water partition coefficient (Wildman–Crippen LogP) is 3.54. The minimum atomic E-state index is 0.895. The van der Waals surface area contributed by atoms with Crippen molar-refractivity contribution in [2.24, 2.45) is 0 Å². The van der Waals surface area contributed by atoms with Crippen LogP contribution in [0.25, 0.3) is 11.1 Å². The van der Waals surface area contributed by atoms with Crippen LogP contribution in [0.4, 0.5) is 5.69 Å². The van der Waals surface area contributed by atoms with Gasteiger partial charge in [-0.05, 0) is 22.8 Å². The van der Waals surface area contributed by atoms with E-state index in [1.165, 1.54) is 21.6 Å². The zero-order valence-corrected chi connectivity index (χ0v) is 9.05. The summed E-state index contributed by atoms with van der Waals surface area (Å²) in [5, 5.41) is 0. The Bertz CT molecular complexity index is 520. The molecule has 0 saturated heterocycles. The lowest BCUT2D eigenvalue weighted by Crippen LogP contribution is -1.98. The molecule has 0 fully saturated rings. The third kappa shape index (κ3) is 1.33. The van der Waals surface area contributed by atoms with Crippen molar-refractivity contribution in [3.05, 3.63) is 48.0 Å². The van der Waals surface area contributed by atoms with Crippen LogP contribution >= 0.6 is 11.8 Å². The number of fused-ring (bicyclic) bond motifs is 3. The van der Waals surface area contributed by atoms with E-state index in [-0.39, 0.29) is 0 Å². The fourth-order valence-electron chi connectivity index (χ4n) is 1.99. The van der Waals surface area contributed by atoms with Gasteiger partial charge in [-0.1, -0.05) is 36.4 Å². The Kier molecular flexibility index (Phi) is 1.96. The average molecular weight is 213 g/mol. The molecule has 0 bridgehead atoms. The van der Waals surface area contributed by atoms with Crippen molar-refractivity contribution in [3.8, 4) is 11.1 Å². The molecule has 2 N–H and O–H groups in total. The fourth-order valence-corrected chi connectivity index (χ4v) is 3.11. The van der Waals surface area contributed by atoms with Crippen LogP contribution < -0.4 is 5.73 Å². The normalized spacial score (nSPS) is 13.1. The first-order chi connectivity index (χ1) is 7.36. The Hall–Kier alpha value is -1.41. The SMILES string of the molecule is Nc1cccc2c1SCc1ccccc1-2. The summed E-state index contributed by atoms with van der Waals surface area (Å²) in [7, 11) is 0. The molecular weight excluding hydrogens is 202 g/mol. The van der Waals surface area contributed by atoms with Gasteiger partial charge in [-0.25, -0.2) is 0 Å². The molecule has 74 valence electrons. The quantitative estimate of drug-likeness (QED) is 0.677. The van der Waals surface area contributed by atoms with Crippen LogP contribution in [0.5, 0.6) is 0 Å². The first-order valence-corrected chi connectivity index (χ1v) is 5.94. The van der Waals surface area contributed by atoms with Crippen molar-refractivity contribution < 1.29 is 0 Å². The van der Waals surface area contributed by atoms with E-state index in [4.69, 9.17) is 5.73 Å². The van der Waals surface area contributed by atoms with Crippen molar-refractivity contribution >= 4 is 17.4 Å². The molecule has 0 radical (unpaired) electrons. The van der Waals surface area contributed by atoms with Crippen molar-refractivity contribution in [1.29, 1.82) is 0 Å². The molecule has 0 aromatic heterocycles. The average Bonchev–Trinajstić information content (AvgIpc) is 2.29. The van der Waals surface area contributed by atoms with Gasteiger partial charge in [0.2, 0.25) is 0 Å². The third-order valence-electron chi connectivity index (χ3n) is 2.73. The molecule has 0 aliphatic carbocycles. The lowest BCUT2D eigenvalue weighted by atomic mass is 9.99. The Morgan fingerprint density at radius 3 is 2.67 bits per heavy atom. The number of hydrogen-bond donors (Lipinski definition) is 1. The summed E-state index contributed by atoms with van der Waals surface area (Å²) in [6.07, 6.45) is 0. The van der Waals surface area contributed by atoms with Gasteiger partial charge in [-0.3, -0.25) is 0 Å². The van der Waals surface area contributed by atoms with Gasteiger partial charge in [-0.2, -0.15) is 0 Å². The van der Waals surface area contributed by atoms with E-state index in [1.807, 2.05) is 23.9 Å². The van der Waals surface area contributed by atoms with Gasteiger partial charge >= 0.3 is 0 Å². The van der Waals surface area contributed by atoms with E-state index in [0.29, 0.717) is 0 Å². The maximum Gasteiger partial charge on any atom is 0.0458 e. The summed E-state index contributed by atoms with van der Waals surface area (Å²) in [5.74, 6) is 1.03. The highest BCUT2D eigenvalue weighted by Crippen LogP contribution is 2.43. The zero-order valence-electron chi connectivity index (χ0n) is 8.23. The van der Waals surface area contributed by atoms with Crippen LogP contribution in [-0.2, 0) is 5.75 Å². The van der Waals surface area contributed by atoms with Crippen LogP contribution in [0.15, 0.2) is 47.4 Å². The van der Waals surface area contributed by atoms with Gasteiger partial charge in [-0.15, -0.1) is 11.8 Å². The Labute approximate surface area is 93.3 Å². The van der Waals surface area contributed by atoms with E-state index in [0.717, 1.165) is 11.4 Å². The molecule has 1 nitrogen and oxygen atoms in total.